The number of hydrogen-bond acceptors (Lipinski definition) is 2. The van der Waals surface area contributed by atoms with Crippen LogP contribution in [0, 0.1) is 0 Å². The van der Waals surface area contributed by atoms with E-state index in [9.17, 15) is 9.90 Å². The molecule has 1 unspecified atom stereocenters. The van der Waals surface area contributed by atoms with Crippen molar-refractivity contribution in [3.63, 3.8) is 0 Å². The molecule has 6 heteroatoms. The Kier molecular flexibility index (Phi) is 3.19. The monoisotopic (exact) mass is 279 g/mol. The van der Waals surface area contributed by atoms with Gasteiger partial charge in [-0.25, -0.2) is 0 Å². The lowest BCUT2D eigenvalue weighted by molar-refractivity contribution is -0.117. The Morgan fingerprint density at radius 3 is 2.62 bits per heavy atom. The first-order chi connectivity index (χ1) is 7.49. The van der Waals surface area contributed by atoms with Crippen molar-refractivity contribution in [2.24, 2.45) is 0 Å². The van der Waals surface area contributed by atoms with Crippen molar-refractivity contribution in [2.75, 3.05) is 11.4 Å². The van der Waals surface area contributed by atoms with E-state index < -0.39 is 0 Å². The summed E-state index contributed by atoms with van der Waals surface area (Å²) in [7, 11) is 0. The van der Waals surface area contributed by atoms with Crippen LogP contribution in [-0.2, 0) is 4.79 Å². The highest BCUT2D eigenvalue weighted by Gasteiger charge is 2.31. The Labute approximate surface area is 108 Å². The Balaban J connectivity index is 2.44. The molecular weight excluding hydrogens is 272 g/mol. The summed E-state index contributed by atoms with van der Waals surface area (Å²) >= 11 is 17.5. The van der Waals surface area contributed by atoms with Gasteiger partial charge in [0.1, 0.15) is 0 Å². The van der Waals surface area contributed by atoms with Gasteiger partial charge in [0.25, 0.3) is 0 Å². The first kappa shape index (κ1) is 11.8. The second-order valence-electron chi connectivity index (χ2n) is 3.56. The SMILES string of the molecule is O=C1CC(Cl)CN1c1cc(Cl)cc(Cl)c1O. The van der Waals surface area contributed by atoms with Crippen molar-refractivity contribution < 1.29 is 9.90 Å². The molecule has 1 aliphatic rings. The van der Waals surface area contributed by atoms with Gasteiger partial charge in [-0.15, -0.1) is 11.6 Å². The Morgan fingerprint density at radius 2 is 2.06 bits per heavy atom. The summed E-state index contributed by atoms with van der Waals surface area (Å²) in [6.07, 6.45) is 0.255. The summed E-state index contributed by atoms with van der Waals surface area (Å²) in [6.45, 7) is 0.352. The maximum Gasteiger partial charge on any atom is 0.228 e. The number of rotatable bonds is 1. The van der Waals surface area contributed by atoms with Crippen LogP contribution in [0.2, 0.25) is 10.0 Å². The third-order valence-electron chi connectivity index (χ3n) is 2.38. The topological polar surface area (TPSA) is 40.5 Å². The zero-order chi connectivity index (χ0) is 11.9. The van der Waals surface area contributed by atoms with E-state index in [1.807, 2.05) is 0 Å². The largest absolute Gasteiger partial charge is 0.504 e. The number of anilines is 1. The summed E-state index contributed by atoms with van der Waals surface area (Å²) in [4.78, 5) is 13.0. The van der Waals surface area contributed by atoms with Crippen molar-refractivity contribution in [1.82, 2.24) is 0 Å². The molecule has 16 heavy (non-hydrogen) atoms. The third-order valence-corrected chi connectivity index (χ3v) is 3.18. The molecule has 1 N–H and O–H groups in total. The molecule has 1 aromatic carbocycles. The number of phenolic OH excluding ortho intramolecular Hbond substituents is 1. The molecule has 1 amide bonds. The molecular formula is C10H8Cl3NO2. The Morgan fingerprint density at radius 1 is 1.38 bits per heavy atom. The highest BCUT2D eigenvalue weighted by Crippen LogP contribution is 2.39. The number of phenols is 1. The van der Waals surface area contributed by atoms with E-state index >= 15 is 0 Å². The number of carbonyl (C=O) groups excluding carboxylic acids is 1. The normalized spacial score (nSPS) is 20.6. The van der Waals surface area contributed by atoms with Gasteiger partial charge in [0.2, 0.25) is 5.91 Å². The van der Waals surface area contributed by atoms with Gasteiger partial charge in [-0.3, -0.25) is 4.79 Å². The van der Waals surface area contributed by atoms with E-state index in [1.54, 1.807) is 0 Å². The maximum atomic E-state index is 11.6. The maximum absolute atomic E-state index is 11.6. The first-order valence-electron chi connectivity index (χ1n) is 4.61. The van der Waals surface area contributed by atoms with Gasteiger partial charge >= 0.3 is 0 Å². The molecule has 0 aromatic heterocycles. The molecule has 1 aromatic rings. The van der Waals surface area contributed by atoms with Crippen molar-refractivity contribution in [3.8, 4) is 5.75 Å². The molecule has 86 valence electrons. The van der Waals surface area contributed by atoms with Crippen LogP contribution in [0.1, 0.15) is 6.42 Å². The summed E-state index contributed by atoms with van der Waals surface area (Å²) in [5.74, 6) is -0.293. The molecule has 1 atom stereocenters. The standard InChI is InChI=1S/C10H8Cl3NO2/c11-5-1-7(13)10(16)8(2-5)14-4-6(12)3-9(14)15/h1-2,6,16H,3-4H2. The second-order valence-corrected chi connectivity index (χ2v) is 5.02. The minimum absolute atomic E-state index is 0.119. The zero-order valence-corrected chi connectivity index (χ0v) is 10.4. The van der Waals surface area contributed by atoms with Gasteiger partial charge in [0.05, 0.1) is 16.1 Å². The molecule has 0 saturated carbocycles. The predicted octanol–water partition coefficient (Wildman–Crippen LogP) is 3.04. The quantitative estimate of drug-likeness (QED) is 0.803. The number of benzene rings is 1. The van der Waals surface area contributed by atoms with E-state index in [4.69, 9.17) is 34.8 Å². The van der Waals surface area contributed by atoms with E-state index in [-0.39, 0.29) is 28.5 Å². The van der Waals surface area contributed by atoms with Crippen LogP contribution in [0.15, 0.2) is 12.1 Å². The van der Waals surface area contributed by atoms with E-state index in [2.05, 4.69) is 0 Å². The van der Waals surface area contributed by atoms with Gasteiger partial charge in [-0.2, -0.15) is 0 Å². The molecule has 1 fully saturated rings. The van der Waals surface area contributed by atoms with Crippen LogP contribution in [-0.4, -0.2) is 22.9 Å². The molecule has 1 heterocycles. The average molecular weight is 281 g/mol. The minimum atomic E-state index is -0.246. The highest BCUT2D eigenvalue weighted by atomic mass is 35.5. The van der Waals surface area contributed by atoms with Crippen molar-refractivity contribution in [2.45, 2.75) is 11.8 Å². The lowest BCUT2D eigenvalue weighted by Gasteiger charge is -2.18. The zero-order valence-electron chi connectivity index (χ0n) is 8.08. The van der Waals surface area contributed by atoms with Crippen LogP contribution >= 0.6 is 34.8 Å². The van der Waals surface area contributed by atoms with Crippen LogP contribution in [0.25, 0.3) is 0 Å². The molecule has 0 bridgehead atoms. The molecule has 1 saturated heterocycles. The molecule has 1 aliphatic heterocycles. The van der Waals surface area contributed by atoms with Crippen molar-refractivity contribution in [1.29, 1.82) is 0 Å². The van der Waals surface area contributed by atoms with Crippen LogP contribution in [0.4, 0.5) is 5.69 Å². The lowest BCUT2D eigenvalue weighted by atomic mass is 10.2. The third kappa shape index (κ3) is 2.08. The van der Waals surface area contributed by atoms with Gasteiger partial charge in [0, 0.05) is 18.0 Å². The Hall–Kier alpha value is -0.640. The smallest absolute Gasteiger partial charge is 0.228 e. The van der Waals surface area contributed by atoms with Gasteiger partial charge in [-0.05, 0) is 12.1 Å². The number of halogens is 3. The molecule has 0 spiro atoms. The number of amides is 1. The molecule has 0 aliphatic carbocycles. The number of alkyl halides is 1. The van der Waals surface area contributed by atoms with Crippen LogP contribution in [0.3, 0.4) is 0 Å². The van der Waals surface area contributed by atoms with Crippen LogP contribution < -0.4 is 4.90 Å². The number of hydrogen-bond donors (Lipinski definition) is 1. The summed E-state index contributed by atoms with van der Waals surface area (Å²) in [5, 5.41) is 10.00. The fraction of sp³-hybridized carbons (Fsp3) is 0.300. The summed E-state index contributed by atoms with van der Waals surface area (Å²) in [5.41, 5.74) is 0.311. The Bertz CT molecular complexity index is 450. The fourth-order valence-electron chi connectivity index (χ4n) is 1.65. The number of aromatic hydroxyl groups is 1. The summed E-state index contributed by atoms with van der Waals surface area (Å²) < 4.78 is 0. The number of carbonyl (C=O) groups is 1. The predicted molar refractivity (Wildman–Crippen MR) is 64.7 cm³/mol. The van der Waals surface area contributed by atoms with Crippen molar-refractivity contribution >= 4 is 46.4 Å². The average Bonchev–Trinajstić information content (AvgIpc) is 2.51. The number of nitrogens with zero attached hydrogens (tertiary/aromatic N) is 1. The van der Waals surface area contributed by atoms with E-state index in [0.29, 0.717) is 17.3 Å². The van der Waals surface area contributed by atoms with E-state index in [0.717, 1.165) is 0 Å². The van der Waals surface area contributed by atoms with Crippen molar-refractivity contribution in [3.05, 3.63) is 22.2 Å². The summed E-state index contributed by atoms with van der Waals surface area (Å²) in [6, 6.07) is 2.91. The van der Waals surface area contributed by atoms with Crippen LogP contribution in [0.5, 0.6) is 5.75 Å². The first-order valence-corrected chi connectivity index (χ1v) is 5.80. The highest BCUT2D eigenvalue weighted by molar-refractivity contribution is 6.36. The van der Waals surface area contributed by atoms with Gasteiger partial charge < -0.3 is 10.0 Å². The molecule has 3 nitrogen and oxygen atoms in total. The molecule has 2 rings (SSSR count). The van der Waals surface area contributed by atoms with Gasteiger partial charge in [-0.1, -0.05) is 23.2 Å². The second kappa shape index (κ2) is 4.32. The minimum Gasteiger partial charge on any atom is -0.504 e. The molecule has 0 radical (unpaired) electrons. The lowest BCUT2D eigenvalue weighted by Crippen LogP contribution is -2.24. The van der Waals surface area contributed by atoms with E-state index in [1.165, 1.54) is 17.0 Å². The fourth-order valence-corrected chi connectivity index (χ4v) is 2.41. The van der Waals surface area contributed by atoms with Gasteiger partial charge in [0.15, 0.2) is 5.75 Å².